The van der Waals surface area contributed by atoms with Crippen LogP contribution in [0.25, 0.3) is 0 Å². The van der Waals surface area contributed by atoms with Gasteiger partial charge in [0, 0.05) is 19.2 Å². The number of amides is 1. The maximum atomic E-state index is 12.3. The number of benzene rings is 1. The van der Waals surface area contributed by atoms with E-state index < -0.39 is 6.04 Å². The number of hydrogen-bond acceptors (Lipinski definition) is 5. The minimum Gasteiger partial charge on any atom is -0.378 e. The number of ketones is 1. The van der Waals surface area contributed by atoms with Crippen LogP contribution in [-0.2, 0) is 9.53 Å². The number of nitrogens with zero attached hydrogens (tertiary/aromatic N) is 2. The zero-order valence-electron chi connectivity index (χ0n) is 11.8. The minimum atomic E-state index is -0.439. The normalized spacial score (nSPS) is 18.8. The highest BCUT2D eigenvalue weighted by atomic mass is 16.5. The first-order valence-electron chi connectivity index (χ1n) is 6.72. The molecule has 1 atom stereocenters. The maximum Gasteiger partial charge on any atom is 0.239 e. The van der Waals surface area contributed by atoms with E-state index in [0.717, 1.165) is 0 Å². The van der Waals surface area contributed by atoms with Crippen molar-refractivity contribution in [3.63, 3.8) is 0 Å². The minimum absolute atomic E-state index is 0.0738. The highest BCUT2D eigenvalue weighted by Crippen LogP contribution is 2.10. The van der Waals surface area contributed by atoms with Crippen LogP contribution in [0.4, 0.5) is 0 Å². The first-order valence-corrected chi connectivity index (χ1v) is 6.72. The van der Waals surface area contributed by atoms with Crippen molar-refractivity contribution in [2.45, 2.75) is 6.04 Å². The summed E-state index contributed by atoms with van der Waals surface area (Å²) in [5, 5.41) is 11.3. The van der Waals surface area contributed by atoms with E-state index in [0.29, 0.717) is 30.9 Å². The van der Waals surface area contributed by atoms with Gasteiger partial charge in [-0.25, -0.2) is 0 Å². The van der Waals surface area contributed by atoms with Crippen LogP contribution in [0.2, 0.25) is 0 Å². The van der Waals surface area contributed by atoms with Crippen LogP contribution >= 0.6 is 0 Å². The molecule has 0 bridgehead atoms. The summed E-state index contributed by atoms with van der Waals surface area (Å²) in [7, 11) is 1.57. The fraction of sp³-hybridized carbons (Fsp3) is 0.400. The molecule has 0 spiro atoms. The summed E-state index contributed by atoms with van der Waals surface area (Å²) in [6.07, 6.45) is 0. The van der Waals surface area contributed by atoms with E-state index >= 15 is 0 Å². The van der Waals surface area contributed by atoms with Gasteiger partial charge in [-0.1, -0.05) is 12.1 Å². The molecule has 0 saturated carbocycles. The number of ether oxygens (including phenoxy) is 1. The summed E-state index contributed by atoms with van der Waals surface area (Å²) in [6, 6.07) is 8.07. The fourth-order valence-corrected chi connectivity index (χ4v) is 2.24. The predicted molar refractivity (Wildman–Crippen MR) is 75.7 cm³/mol. The highest BCUT2D eigenvalue weighted by Gasteiger charge is 2.30. The van der Waals surface area contributed by atoms with Crippen molar-refractivity contribution < 1.29 is 14.3 Å². The van der Waals surface area contributed by atoms with Crippen molar-refractivity contribution in [1.82, 2.24) is 10.2 Å². The monoisotopic (exact) mass is 287 g/mol. The number of carbonyl (C=O) groups excluding carboxylic acids is 2. The van der Waals surface area contributed by atoms with Gasteiger partial charge >= 0.3 is 0 Å². The summed E-state index contributed by atoms with van der Waals surface area (Å²) in [6.45, 7) is 1.50. The van der Waals surface area contributed by atoms with Gasteiger partial charge in [-0.05, 0) is 12.1 Å². The van der Waals surface area contributed by atoms with Crippen molar-refractivity contribution >= 4 is 11.7 Å². The van der Waals surface area contributed by atoms with Crippen molar-refractivity contribution in [2.24, 2.45) is 0 Å². The third-order valence-corrected chi connectivity index (χ3v) is 3.47. The molecule has 0 radical (unpaired) electrons. The molecule has 0 aromatic heterocycles. The van der Waals surface area contributed by atoms with Gasteiger partial charge in [0.05, 0.1) is 31.4 Å². The highest BCUT2D eigenvalue weighted by molar-refractivity contribution is 5.98. The standard InChI is InChI=1S/C15H17N3O3/c1-17-15(20)13-10-21-7-6-18(13)9-14(19)12-4-2-11(8-16)3-5-12/h2-5,13H,6-7,9-10H2,1H3,(H,17,20). The molecular weight excluding hydrogens is 270 g/mol. The lowest BCUT2D eigenvalue weighted by molar-refractivity contribution is -0.131. The molecule has 1 aliphatic heterocycles. The van der Waals surface area contributed by atoms with Crippen molar-refractivity contribution in [3.05, 3.63) is 35.4 Å². The molecule has 6 heteroatoms. The molecule has 1 aromatic carbocycles. The fourth-order valence-electron chi connectivity index (χ4n) is 2.24. The maximum absolute atomic E-state index is 12.3. The molecule has 1 N–H and O–H groups in total. The molecule has 1 amide bonds. The van der Waals surface area contributed by atoms with Gasteiger partial charge < -0.3 is 10.1 Å². The molecule has 110 valence electrons. The molecule has 1 unspecified atom stereocenters. The average Bonchev–Trinajstić information content (AvgIpc) is 2.54. The smallest absolute Gasteiger partial charge is 0.239 e. The zero-order chi connectivity index (χ0) is 15.2. The Morgan fingerprint density at radius 1 is 1.43 bits per heavy atom. The lowest BCUT2D eigenvalue weighted by Crippen LogP contribution is -2.54. The quantitative estimate of drug-likeness (QED) is 0.799. The Morgan fingerprint density at radius 3 is 2.76 bits per heavy atom. The second kappa shape index (κ2) is 6.97. The van der Waals surface area contributed by atoms with Crippen molar-refractivity contribution in [3.8, 4) is 6.07 Å². The topological polar surface area (TPSA) is 82.4 Å². The predicted octanol–water partition coefficient (Wildman–Crippen LogP) is 0.188. The molecular formula is C15H17N3O3. The van der Waals surface area contributed by atoms with Crippen LogP contribution in [0, 0.1) is 11.3 Å². The van der Waals surface area contributed by atoms with E-state index in [2.05, 4.69) is 5.32 Å². The SMILES string of the molecule is CNC(=O)C1COCCN1CC(=O)c1ccc(C#N)cc1. The molecule has 1 fully saturated rings. The average molecular weight is 287 g/mol. The van der Waals surface area contributed by atoms with Gasteiger partial charge in [0.2, 0.25) is 5.91 Å². The Labute approximate surface area is 123 Å². The molecule has 21 heavy (non-hydrogen) atoms. The zero-order valence-corrected chi connectivity index (χ0v) is 11.8. The number of likely N-dealkylation sites (N-methyl/N-ethyl adjacent to an activating group) is 1. The number of nitrogens with one attached hydrogen (secondary N) is 1. The van der Waals surface area contributed by atoms with Crippen LogP contribution in [0.1, 0.15) is 15.9 Å². The van der Waals surface area contributed by atoms with Gasteiger partial charge in [-0.3, -0.25) is 14.5 Å². The van der Waals surface area contributed by atoms with Crippen LogP contribution in [-0.4, -0.2) is 56.0 Å². The first-order chi connectivity index (χ1) is 10.2. The van der Waals surface area contributed by atoms with Gasteiger partial charge in [0.15, 0.2) is 5.78 Å². The lowest BCUT2D eigenvalue weighted by Gasteiger charge is -2.33. The summed E-state index contributed by atoms with van der Waals surface area (Å²) < 4.78 is 5.30. The van der Waals surface area contributed by atoms with Crippen LogP contribution in [0.15, 0.2) is 24.3 Å². The Balaban J connectivity index is 2.05. The number of morpholine rings is 1. The van der Waals surface area contributed by atoms with E-state index in [-0.39, 0.29) is 18.2 Å². The molecule has 1 aliphatic rings. The van der Waals surface area contributed by atoms with Gasteiger partial charge in [0.25, 0.3) is 0 Å². The Hall–Kier alpha value is -2.23. The number of hydrogen-bond donors (Lipinski definition) is 1. The van der Waals surface area contributed by atoms with Crippen molar-refractivity contribution in [1.29, 1.82) is 5.26 Å². The molecule has 6 nitrogen and oxygen atoms in total. The number of Topliss-reactive ketones (excluding diaryl/α,β-unsaturated/α-hetero) is 1. The molecule has 1 aromatic rings. The van der Waals surface area contributed by atoms with E-state index in [1.807, 2.05) is 11.0 Å². The number of rotatable bonds is 4. The van der Waals surface area contributed by atoms with Crippen molar-refractivity contribution in [2.75, 3.05) is 33.4 Å². The molecule has 1 saturated heterocycles. The van der Waals surface area contributed by atoms with E-state index in [1.165, 1.54) is 0 Å². The first kappa shape index (κ1) is 15.2. The Morgan fingerprint density at radius 2 is 2.14 bits per heavy atom. The number of carbonyl (C=O) groups is 2. The third-order valence-electron chi connectivity index (χ3n) is 3.47. The van der Waals surface area contributed by atoms with Crippen LogP contribution in [0.5, 0.6) is 0 Å². The molecule has 0 aliphatic carbocycles. The Bertz CT molecular complexity index is 563. The Kier molecular flexibility index (Phi) is 5.04. The number of nitriles is 1. The van der Waals surface area contributed by atoms with Gasteiger partial charge in [0.1, 0.15) is 6.04 Å². The van der Waals surface area contributed by atoms with Gasteiger partial charge in [-0.2, -0.15) is 5.26 Å². The second-order valence-corrected chi connectivity index (χ2v) is 4.79. The summed E-state index contributed by atoms with van der Waals surface area (Å²) in [5.41, 5.74) is 1.05. The van der Waals surface area contributed by atoms with Crippen LogP contribution < -0.4 is 5.32 Å². The van der Waals surface area contributed by atoms with Gasteiger partial charge in [-0.15, -0.1) is 0 Å². The molecule has 1 heterocycles. The summed E-state index contributed by atoms with van der Waals surface area (Å²) in [4.78, 5) is 25.9. The van der Waals surface area contributed by atoms with Crippen LogP contribution in [0.3, 0.4) is 0 Å². The largest absolute Gasteiger partial charge is 0.378 e. The summed E-state index contributed by atoms with van der Waals surface area (Å²) >= 11 is 0. The lowest BCUT2D eigenvalue weighted by atomic mass is 10.1. The van der Waals surface area contributed by atoms with E-state index in [1.54, 1.807) is 31.3 Å². The van der Waals surface area contributed by atoms with E-state index in [9.17, 15) is 9.59 Å². The third kappa shape index (κ3) is 3.66. The second-order valence-electron chi connectivity index (χ2n) is 4.79. The van der Waals surface area contributed by atoms with E-state index in [4.69, 9.17) is 10.00 Å². The summed E-state index contributed by atoms with van der Waals surface area (Å²) in [5.74, 6) is -0.224. The molecule has 2 rings (SSSR count).